The highest BCUT2D eigenvalue weighted by Gasteiger charge is 2.62. The molecule has 4 rings (SSSR count). The predicted octanol–water partition coefficient (Wildman–Crippen LogP) is 2.32. The zero-order valence-corrected chi connectivity index (χ0v) is 16.0. The summed E-state index contributed by atoms with van der Waals surface area (Å²) in [5, 5.41) is 16.8. The summed E-state index contributed by atoms with van der Waals surface area (Å²) >= 11 is 6.16. The molecule has 10 nitrogen and oxygen atoms in total. The zero-order valence-electron chi connectivity index (χ0n) is 15.2. The van der Waals surface area contributed by atoms with E-state index in [0.717, 1.165) is 29.5 Å². The van der Waals surface area contributed by atoms with Gasteiger partial charge in [-0.2, -0.15) is 28.6 Å². The summed E-state index contributed by atoms with van der Waals surface area (Å²) in [4.78, 5) is 21.3. The fraction of sp³-hybridized carbons (Fsp3) is 0.176. The van der Waals surface area contributed by atoms with Gasteiger partial charge in [-0.15, -0.1) is 4.80 Å². The third-order valence-corrected chi connectivity index (χ3v) is 4.84. The molecule has 1 aliphatic heterocycles. The Hall–Kier alpha value is -3.92. The van der Waals surface area contributed by atoms with Crippen molar-refractivity contribution in [1.82, 2.24) is 25.0 Å². The Morgan fingerprint density at radius 2 is 2.00 bits per heavy atom. The average molecular weight is 451 g/mol. The second kappa shape index (κ2) is 7.10. The van der Waals surface area contributed by atoms with Crippen molar-refractivity contribution in [3.63, 3.8) is 0 Å². The van der Waals surface area contributed by atoms with Gasteiger partial charge in [-0.05, 0) is 6.07 Å². The SMILES string of the molecule is N#Cc1cncc2c1OC(c1cnc(-n3nccn3)c(Cl)c1)(C(F)(F)F)CN2C(N)=O. The van der Waals surface area contributed by atoms with E-state index < -0.39 is 35.7 Å². The molecule has 14 heteroatoms. The number of nitrogens with zero attached hydrogens (tertiary/aromatic N) is 7. The van der Waals surface area contributed by atoms with Gasteiger partial charge < -0.3 is 10.5 Å². The molecular weight excluding hydrogens is 441 g/mol. The number of pyridine rings is 2. The van der Waals surface area contributed by atoms with Gasteiger partial charge in [0.1, 0.15) is 17.3 Å². The summed E-state index contributed by atoms with van der Waals surface area (Å²) in [6.45, 7) is -1.05. The normalized spacial score (nSPS) is 18.1. The van der Waals surface area contributed by atoms with Crippen molar-refractivity contribution in [2.24, 2.45) is 5.73 Å². The number of carbonyl (C=O) groups excluding carboxylic acids is 1. The Balaban J connectivity index is 1.93. The zero-order chi connectivity index (χ0) is 22.4. The van der Waals surface area contributed by atoms with Gasteiger partial charge in [-0.1, -0.05) is 11.6 Å². The van der Waals surface area contributed by atoms with Crippen LogP contribution in [-0.4, -0.2) is 43.7 Å². The van der Waals surface area contributed by atoms with Crippen molar-refractivity contribution in [1.29, 1.82) is 5.26 Å². The first kappa shape index (κ1) is 20.4. The summed E-state index contributed by atoms with van der Waals surface area (Å²) in [6, 6.07) is 1.49. The molecule has 2 N–H and O–H groups in total. The van der Waals surface area contributed by atoms with Crippen molar-refractivity contribution in [3.05, 3.63) is 53.2 Å². The molecule has 0 saturated carbocycles. The van der Waals surface area contributed by atoms with E-state index in [1.165, 1.54) is 12.4 Å². The van der Waals surface area contributed by atoms with Crippen LogP contribution < -0.4 is 15.4 Å². The molecule has 1 unspecified atom stereocenters. The second-order valence-corrected chi connectivity index (χ2v) is 6.75. The Kier molecular flexibility index (Phi) is 4.66. The molecule has 0 aromatic carbocycles. The van der Waals surface area contributed by atoms with Crippen molar-refractivity contribution in [2.45, 2.75) is 11.8 Å². The molecule has 0 saturated heterocycles. The van der Waals surface area contributed by atoms with E-state index in [4.69, 9.17) is 22.1 Å². The van der Waals surface area contributed by atoms with Crippen LogP contribution in [0.15, 0.2) is 37.1 Å². The quantitative estimate of drug-likeness (QED) is 0.632. The molecule has 31 heavy (non-hydrogen) atoms. The number of carbonyl (C=O) groups is 1. The van der Waals surface area contributed by atoms with E-state index in [1.807, 2.05) is 0 Å². The van der Waals surface area contributed by atoms with E-state index >= 15 is 0 Å². The molecule has 1 aliphatic rings. The number of nitrogens with two attached hydrogens (primary N) is 1. The molecule has 0 aliphatic carbocycles. The first-order chi connectivity index (χ1) is 14.7. The minimum absolute atomic E-state index is 0.0161. The van der Waals surface area contributed by atoms with E-state index in [1.54, 1.807) is 6.07 Å². The number of alkyl halides is 3. The third kappa shape index (κ3) is 3.17. The Morgan fingerprint density at radius 1 is 1.29 bits per heavy atom. The van der Waals surface area contributed by atoms with Gasteiger partial charge in [-0.25, -0.2) is 9.78 Å². The monoisotopic (exact) mass is 450 g/mol. The number of primary amides is 1. The minimum Gasteiger partial charge on any atom is -0.467 e. The number of anilines is 1. The topological polar surface area (TPSA) is 136 Å². The van der Waals surface area contributed by atoms with Crippen LogP contribution in [0.4, 0.5) is 23.7 Å². The standard InChI is InChI=1S/C17H10ClF3N8O2/c18-11-3-10(6-25-14(11)29-26-1-2-27-29)16(17(19,20)21)8-28(15(23)30)12-7-24-5-9(4-22)13(12)31-16/h1-3,5-7H,8H2,(H2,23,30). The smallest absolute Gasteiger partial charge is 0.434 e. The number of aromatic nitrogens is 5. The van der Waals surface area contributed by atoms with Crippen LogP contribution >= 0.6 is 11.6 Å². The molecule has 2 amide bonds. The van der Waals surface area contributed by atoms with Crippen LogP contribution in [0.3, 0.4) is 0 Å². The molecular formula is C17H10ClF3N8O2. The third-order valence-electron chi connectivity index (χ3n) is 4.57. The molecule has 0 spiro atoms. The number of halogens is 4. The molecule has 3 aromatic rings. The molecule has 4 heterocycles. The fourth-order valence-electron chi connectivity index (χ4n) is 3.11. The van der Waals surface area contributed by atoms with Crippen LogP contribution in [0.5, 0.6) is 5.75 Å². The number of hydrogen-bond donors (Lipinski definition) is 1. The number of nitriles is 1. The summed E-state index contributed by atoms with van der Waals surface area (Å²) in [5.41, 5.74) is 1.22. The molecule has 0 bridgehead atoms. The maximum absolute atomic E-state index is 14.5. The van der Waals surface area contributed by atoms with Crippen LogP contribution in [0, 0.1) is 11.3 Å². The van der Waals surface area contributed by atoms with E-state index in [-0.39, 0.29) is 22.1 Å². The lowest BCUT2D eigenvalue weighted by atomic mass is 9.91. The number of fused-ring (bicyclic) bond motifs is 1. The highest BCUT2D eigenvalue weighted by atomic mass is 35.5. The van der Waals surface area contributed by atoms with Crippen molar-refractivity contribution in [3.8, 4) is 17.6 Å². The van der Waals surface area contributed by atoms with Crippen LogP contribution in [0.25, 0.3) is 5.82 Å². The van der Waals surface area contributed by atoms with E-state index in [9.17, 15) is 23.2 Å². The summed E-state index contributed by atoms with van der Waals surface area (Å²) in [7, 11) is 0. The Labute approximate surface area is 176 Å². The number of urea groups is 1. The predicted molar refractivity (Wildman–Crippen MR) is 98.4 cm³/mol. The van der Waals surface area contributed by atoms with Crippen molar-refractivity contribution in [2.75, 3.05) is 11.4 Å². The van der Waals surface area contributed by atoms with E-state index in [2.05, 4.69) is 20.2 Å². The minimum atomic E-state index is -5.06. The van der Waals surface area contributed by atoms with Gasteiger partial charge in [0.05, 0.1) is 30.2 Å². The highest BCUT2D eigenvalue weighted by molar-refractivity contribution is 6.32. The van der Waals surface area contributed by atoms with Crippen molar-refractivity contribution >= 4 is 23.3 Å². The highest BCUT2D eigenvalue weighted by Crippen LogP contribution is 2.50. The molecule has 0 fully saturated rings. The summed E-state index contributed by atoms with van der Waals surface area (Å²) in [5.74, 6) is -0.508. The first-order valence-corrected chi connectivity index (χ1v) is 8.79. The number of rotatable bonds is 2. The molecule has 1 atom stereocenters. The Morgan fingerprint density at radius 3 is 2.58 bits per heavy atom. The van der Waals surface area contributed by atoms with Crippen molar-refractivity contribution < 1.29 is 22.7 Å². The Bertz CT molecular complexity index is 1210. The lowest BCUT2D eigenvalue weighted by Crippen LogP contribution is -2.59. The van der Waals surface area contributed by atoms with Crippen LogP contribution in [0.1, 0.15) is 11.1 Å². The average Bonchev–Trinajstić information content (AvgIpc) is 3.25. The van der Waals surface area contributed by atoms with Gasteiger partial charge >= 0.3 is 12.2 Å². The lowest BCUT2D eigenvalue weighted by molar-refractivity contribution is -0.252. The molecule has 0 radical (unpaired) electrons. The lowest BCUT2D eigenvalue weighted by Gasteiger charge is -2.43. The molecule has 3 aromatic heterocycles. The number of ether oxygens (including phenoxy) is 1. The van der Waals surface area contributed by atoms with Gasteiger partial charge in [0, 0.05) is 18.0 Å². The maximum Gasteiger partial charge on any atom is 0.434 e. The summed E-state index contributed by atoms with van der Waals surface area (Å²) < 4.78 is 48.7. The van der Waals surface area contributed by atoms with Gasteiger partial charge in [0.25, 0.3) is 0 Å². The van der Waals surface area contributed by atoms with Crippen LogP contribution in [-0.2, 0) is 5.60 Å². The maximum atomic E-state index is 14.5. The number of hydrogen-bond acceptors (Lipinski definition) is 7. The van der Waals surface area contributed by atoms with Gasteiger partial charge in [-0.3, -0.25) is 9.88 Å². The number of amides is 2. The van der Waals surface area contributed by atoms with Gasteiger partial charge in [0.15, 0.2) is 11.6 Å². The second-order valence-electron chi connectivity index (χ2n) is 6.35. The first-order valence-electron chi connectivity index (χ1n) is 8.41. The summed E-state index contributed by atoms with van der Waals surface area (Å²) in [6.07, 6.45) is 0.598. The van der Waals surface area contributed by atoms with Gasteiger partial charge in [0.2, 0.25) is 5.60 Å². The van der Waals surface area contributed by atoms with Crippen LogP contribution in [0.2, 0.25) is 5.02 Å². The van der Waals surface area contributed by atoms with E-state index in [0.29, 0.717) is 4.90 Å². The largest absolute Gasteiger partial charge is 0.467 e. The fourth-order valence-corrected chi connectivity index (χ4v) is 3.35. The molecule has 158 valence electrons.